The van der Waals surface area contributed by atoms with E-state index in [9.17, 15) is 4.79 Å². The van der Waals surface area contributed by atoms with Crippen LogP contribution in [0.2, 0.25) is 0 Å². The molecule has 0 aliphatic heterocycles. The third-order valence-corrected chi connectivity index (χ3v) is 4.68. The second-order valence-corrected chi connectivity index (χ2v) is 6.72. The molecule has 2 rings (SSSR count). The van der Waals surface area contributed by atoms with Gasteiger partial charge in [0.05, 0.1) is 18.8 Å². The second kappa shape index (κ2) is 7.54. The first-order valence-electron chi connectivity index (χ1n) is 6.70. The molecule has 0 aromatic heterocycles. The van der Waals surface area contributed by atoms with Gasteiger partial charge in [0.1, 0.15) is 0 Å². The summed E-state index contributed by atoms with van der Waals surface area (Å²) in [5, 5.41) is 12.0. The van der Waals surface area contributed by atoms with Gasteiger partial charge in [-0.1, -0.05) is 22.4 Å². The number of aliphatic hydroxyl groups is 1. The van der Waals surface area contributed by atoms with Crippen LogP contribution in [-0.4, -0.2) is 41.7 Å². The molecule has 6 heteroatoms. The molecule has 0 spiro atoms. The van der Waals surface area contributed by atoms with Gasteiger partial charge in [-0.3, -0.25) is 9.69 Å². The summed E-state index contributed by atoms with van der Waals surface area (Å²) in [7, 11) is 0. The summed E-state index contributed by atoms with van der Waals surface area (Å²) in [6.45, 7) is 0.971. The van der Waals surface area contributed by atoms with Crippen molar-refractivity contribution in [2.45, 2.75) is 25.3 Å². The Kier molecular flexibility index (Phi) is 6.01. The monoisotopic (exact) mass is 404 g/mol. The SMILES string of the molecule is O=C(CN(CCO)C1CCC1)Nc1ccc(Br)cc1Br. The maximum atomic E-state index is 12.1. The van der Waals surface area contributed by atoms with Crippen LogP contribution in [0.4, 0.5) is 5.69 Å². The highest BCUT2D eigenvalue weighted by atomic mass is 79.9. The van der Waals surface area contributed by atoms with Crippen LogP contribution in [0.1, 0.15) is 19.3 Å². The lowest BCUT2D eigenvalue weighted by molar-refractivity contribution is -0.118. The van der Waals surface area contributed by atoms with Crippen molar-refractivity contribution in [1.29, 1.82) is 0 Å². The molecule has 1 aromatic carbocycles. The fourth-order valence-electron chi connectivity index (χ4n) is 2.24. The average Bonchev–Trinajstić information content (AvgIpc) is 2.31. The fraction of sp³-hybridized carbons (Fsp3) is 0.500. The van der Waals surface area contributed by atoms with Crippen LogP contribution < -0.4 is 5.32 Å². The number of aliphatic hydroxyl groups excluding tert-OH is 1. The number of hydrogen-bond donors (Lipinski definition) is 2. The van der Waals surface area contributed by atoms with Crippen molar-refractivity contribution in [2.75, 3.05) is 25.0 Å². The first-order chi connectivity index (χ1) is 9.60. The van der Waals surface area contributed by atoms with E-state index in [-0.39, 0.29) is 12.5 Å². The average molecular weight is 406 g/mol. The van der Waals surface area contributed by atoms with Crippen LogP contribution in [0.15, 0.2) is 27.1 Å². The molecule has 20 heavy (non-hydrogen) atoms. The highest BCUT2D eigenvalue weighted by Gasteiger charge is 2.26. The molecule has 1 fully saturated rings. The summed E-state index contributed by atoms with van der Waals surface area (Å²) in [6.07, 6.45) is 3.46. The van der Waals surface area contributed by atoms with E-state index in [2.05, 4.69) is 42.1 Å². The van der Waals surface area contributed by atoms with Gasteiger partial charge in [0.15, 0.2) is 0 Å². The molecule has 1 saturated carbocycles. The van der Waals surface area contributed by atoms with Gasteiger partial charge in [-0.15, -0.1) is 0 Å². The quantitative estimate of drug-likeness (QED) is 0.764. The standard InChI is InChI=1S/C14H18Br2N2O2/c15-10-4-5-13(12(16)8-10)17-14(20)9-18(6-7-19)11-2-1-3-11/h4-5,8,11,19H,1-3,6-7,9H2,(H,17,20). The number of hydrogen-bond acceptors (Lipinski definition) is 3. The second-order valence-electron chi connectivity index (χ2n) is 4.95. The van der Waals surface area contributed by atoms with Gasteiger partial charge in [-0.25, -0.2) is 0 Å². The Hall–Kier alpha value is -0.430. The molecule has 4 nitrogen and oxygen atoms in total. The minimum absolute atomic E-state index is 0.0478. The van der Waals surface area contributed by atoms with Crippen molar-refractivity contribution in [2.24, 2.45) is 0 Å². The van der Waals surface area contributed by atoms with Gasteiger partial charge in [0.25, 0.3) is 0 Å². The normalized spacial score (nSPS) is 15.2. The topological polar surface area (TPSA) is 52.6 Å². The smallest absolute Gasteiger partial charge is 0.238 e. The number of halogens is 2. The van der Waals surface area contributed by atoms with Crippen LogP contribution in [-0.2, 0) is 4.79 Å². The van der Waals surface area contributed by atoms with Crippen LogP contribution in [0, 0.1) is 0 Å². The lowest BCUT2D eigenvalue weighted by Crippen LogP contribution is -2.45. The van der Waals surface area contributed by atoms with Gasteiger partial charge in [0.2, 0.25) is 5.91 Å². The molecule has 0 radical (unpaired) electrons. The van der Waals surface area contributed by atoms with Crippen molar-refractivity contribution >= 4 is 43.5 Å². The summed E-state index contributed by atoms with van der Waals surface area (Å²) < 4.78 is 1.80. The molecule has 0 heterocycles. The van der Waals surface area contributed by atoms with Crippen LogP contribution >= 0.6 is 31.9 Å². The molecule has 110 valence electrons. The molecule has 0 unspecified atom stereocenters. The third kappa shape index (κ3) is 4.28. The molecule has 1 aliphatic carbocycles. The highest BCUT2D eigenvalue weighted by molar-refractivity contribution is 9.11. The number of amides is 1. The summed E-state index contributed by atoms with van der Waals surface area (Å²) in [5.74, 6) is -0.0478. The summed E-state index contributed by atoms with van der Waals surface area (Å²) >= 11 is 6.81. The highest BCUT2D eigenvalue weighted by Crippen LogP contribution is 2.27. The third-order valence-electron chi connectivity index (χ3n) is 3.53. The maximum absolute atomic E-state index is 12.1. The maximum Gasteiger partial charge on any atom is 0.238 e. The van der Waals surface area contributed by atoms with Gasteiger partial charge < -0.3 is 10.4 Å². The Morgan fingerprint density at radius 1 is 1.40 bits per heavy atom. The van der Waals surface area contributed by atoms with Gasteiger partial charge >= 0.3 is 0 Å². The Bertz CT molecular complexity index is 478. The largest absolute Gasteiger partial charge is 0.395 e. The van der Waals surface area contributed by atoms with Crippen molar-refractivity contribution in [1.82, 2.24) is 4.90 Å². The van der Waals surface area contributed by atoms with Crippen molar-refractivity contribution in [3.8, 4) is 0 Å². The van der Waals surface area contributed by atoms with E-state index in [0.29, 0.717) is 19.1 Å². The predicted molar refractivity (Wildman–Crippen MR) is 86.8 cm³/mol. The van der Waals surface area contributed by atoms with Crippen LogP contribution in [0.5, 0.6) is 0 Å². The van der Waals surface area contributed by atoms with Crippen LogP contribution in [0.3, 0.4) is 0 Å². The number of rotatable bonds is 6. The zero-order valence-electron chi connectivity index (χ0n) is 11.1. The van der Waals surface area contributed by atoms with Gasteiger partial charge in [0, 0.05) is 21.5 Å². The summed E-state index contributed by atoms with van der Waals surface area (Å²) in [5.41, 5.74) is 0.760. The first kappa shape index (κ1) is 15.9. The summed E-state index contributed by atoms with van der Waals surface area (Å²) in [6, 6.07) is 6.08. The number of carbonyl (C=O) groups is 1. The van der Waals surface area contributed by atoms with E-state index in [1.165, 1.54) is 6.42 Å². The van der Waals surface area contributed by atoms with Gasteiger partial charge in [-0.2, -0.15) is 0 Å². The molecule has 1 aromatic rings. The zero-order valence-corrected chi connectivity index (χ0v) is 14.3. The molecule has 0 saturated heterocycles. The van der Waals surface area contributed by atoms with Gasteiger partial charge in [-0.05, 0) is 47.0 Å². The molecule has 1 amide bonds. The number of nitrogens with zero attached hydrogens (tertiary/aromatic N) is 1. The van der Waals surface area contributed by atoms with Crippen molar-refractivity contribution in [3.05, 3.63) is 27.1 Å². The Labute approximate surface area is 135 Å². The molecule has 2 N–H and O–H groups in total. The molecule has 0 bridgehead atoms. The Balaban J connectivity index is 1.93. The van der Waals surface area contributed by atoms with Crippen molar-refractivity contribution in [3.63, 3.8) is 0 Å². The van der Waals surface area contributed by atoms with E-state index >= 15 is 0 Å². The number of benzene rings is 1. The lowest BCUT2D eigenvalue weighted by atomic mass is 9.91. The zero-order chi connectivity index (χ0) is 14.5. The molecular formula is C14H18Br2N2O2. The number of anilines is 1. The first-order valence-corrected chi connectivity index (χ1v) is 8.28. The molecule has 0 atom stereocenters. The van der Waals surface area contributed by atoms with E-state index < -0.39 is 0 Å². The lowest BCUT2D eigenvalue weighted by Gasteiger charge is -2.36. The minimum atomic E-state index is -0.0478. The molecular weight excluding hydrogens is 388 g/mol. The Morgan fingerprint density at radius 2 is 2.15 bits per heavy atom. The van der Waals surface area contributed by atoms with Crippen LogP contribution in [0.25, 0.3) is 0 Å². The number of carbonyl (C=O) groups excluding carboxylic acids is 1. The van der Waals surface area contributed by atoms with E-state index in [4.69, 9.17) is 5.11 Å². The fourth-order valence-corrected chi connectivity index (χ4v) is 3.38. The van der Waals surface area contributed by atoms with Crippen molar-refractivity contribution < 1.29 is 9.90 Å². The Morgan fingerprint density at radius 3 is 2.70 bits per heavy atom. The van der Waals surface area contributed by atoms with E-state index in [0.717, 1.165) is 27.5 Å². The minimum Gasteiger partial charge on any atom is -0.395 e. The molecule has 1 aliphatic rings. The predicted octanol–water partition coefficient (Wildman–Crippen LogP) is 3.00. The number of nitrogens with one attached hydrogen (secondary N) is 1. The van der Waals surface area contributed by atoms with E-state index in [1.807, 2.05) is 18.2 Å². The summed E-state index contributed by atoms with van der Waals surface area (Å²) in [4.78, 5) is 14.2. The van der Waals surface area contributed by atoms with E-state index in [1.54, 1.807) is 0 Å².